The molecule has 0 amide bonds. The van der Waals surface area contributed by atoms with Crippen LogP contribution in [0.4, 0.5) is 0 Å². The zero-order valence-electron chi connectivity index (χ0n) is 13.0. The molecule has 1 aromatic rings. The van der Waals surface area contributed by atoms with Crippen LogP contribution in [-0.2, 0) is 6.42 Å². The molecule has 0 saturated heterocycles. The highest BCUT2D eigenvalue weighted by Gasteiger charge is 2.37. The van der Waals surface area contributed by atoms with Gasteiger partial charge in [-0.25, -0.2) is 0 Å². The fraction of sp³-hybridized carbons (Fsp3) is 0.765. The second-order valence-electron chi connectivity index (χ2n) is 7.53. The summed E-state index contributed by atoms with van der Waals surface area (Å²) in [5.41, 5.74) is 7.63. The van der Waals surface area contributed by atoms with E-state index in [0.717, 1.165) is 18.7 Å². The van der Waals surface area contributed by atoms with Crippen LogP contribution in [0.5, 0.6) is 0 Å². The second kappa shape index (κ2) is 5.19. The summed E-state index contributed by atoms with van der Waals surface area (Å²) < 4.78 is 5.92. The Bertz CT molecular complexity index is 477. The fourth-order valence-electron chi connectivity index (χ4n) is 4.13. The van der Waals surface area contributed by atoms with E-state index in [1.807, 2.05) is 0 Å². The van der Waals surface area contributed by atoms with Gasteiger partial charge in [-0.15, -0.1) is 0 Å². The number of nitrogens with two attached hydrogens (primary N) is 1. The van der Waals surface area contributed by atoms with Crippen LogP contribution in [-0.4, -0.2) is 12.6 Å². The summed E-state index contributed by atoms with van der Waals surface area (Å²) in [7, 11) is 0. The van der Waals surface area contributed by atoms with Crippen molar-refractivity contribution >= 4 is 0 Å². The van der Waals surface area contributed by atoms with Gasteiger partial charge < -0.3 is 15.5 Å². The zero-order valence-corrected chi connectivity index (χ0v) is 13.0. The van der Waals surface area contributed by atoms with Gasteiger partial charge in [-0.1, -0.05) is 20.3 Å². The van der Waals surface area contributed by atoms with E-state index in [1.54, 1.807) is 0 Å². The lowest BCUT2D eigenvalue weighted by Crippen LogP contribution is -2.41. The van der Waals surface area contributed by atoms with Crippen molar-refractivity contribution in [2.75, 3.05) is 6.54 Å². The molecule has 0 aromatic carbocycles. The predicted molar refractivity (Wildman–Crippen MR) is 81.6 cm³/mol. The van der Waals surface area contributed by atoms with Crippen LogP contribution < -0.4 is 11.1 Å². The number of fused-ring (bicyclic) bond motifs is 1. The van der Waals surface area contributed by atoms with Gasteiger partial charge in [0.05, 0.1) is 0 Å². The third-order valence-electron chi connectivity index (χ3n) is 5.11. The van der Waals surface area contributed by atoms with Crippen LogP contribution in [0, 0.1) is 18.3 Å². The van der Waals surface area contributed by atoms with E-state index in [1.165, 1.54) is 37.0 Å². The molecule has 3 N–H and O–H groups in total. The van der Waals surface area contributed by atoms with E-state index >= 15 is 0 Å². The van der Waals surface area contributed by atoms with Gasteiger partial charge in [0.25, 0.3) is 0 Å². The largest absolute Gasteiger partial charge is 0.466 e. The van der Waals surface area contributed by atoms with Gasteiger partial charge >= 0.3 is 0 Å². The molecule has 3 heteroatoms. The molecule has 0 aliphatic heterocycles. The van der Waals surface area contributed by atoms with E-state index in [4.69, 9.17) is 10.2 Å². The summed E-state index contributed by atoms with van der Waals surface area (Å²) in [6, 6.07) is 3.25. The van der Waals surface area contributed by atoms with Crippen LogP contribution in [0.25, 0.3) is 0 Å². The topological polar surface area (TPSA) is 51.2 Å². The summed E-state index contributed by atoms with van der Waals surface area (Å²) in [5, 5.41) is 3.90. The van der Waals surface area contributed by atoms with Gasteiger partial charge in [0.15, 0.2) is 0 Å². The third kappa shape index (κ3) is 2.66. The van der Waals surface area contributed by atoms with Gasteiger partial charge in [0.2, 0.25) is 0 Å². The molecule has 0 radical (unpaired) electrons. The molecule has 2 aliphatic rings. The second-order valence-corrected chi connectivity index (χ2v) is 7.53. The molecule has 0 spiro atoms. The Morgan fingerprint density at radius 3 is 2.95 bits per heavy atom. The van der Waals surface area contributed by atoms with Gasteiger partial charge in [0, 0.05) is 24.1 Å². The Labute approximate surface area is 122 Å². The highest BCUT2D eigenvalue weighted by molar-refractivity contribution is 5.29. The maximum atomic E-state index is 5.92. The lowest BCUT2D eigenvalue weighted by atomic mass is 9.74. The van der Waals surface area contributed by atoms with Gasteiger partial charge in [0.1, 0.15) is 11.5 Å². The average molecular weight is 276 g/mol. The monoisotopic (exact) mass is 276 g/mol. The molecule has 0 bridgehead atoms. The Hall–Kier alpha value is -0.800. The highest BCUT2D eigenvalue weighted by Crippen LogP contribution is 2.43. The van der Waals surface area contributed by atoms with Gasteiger partial charge in [-0.05, 0) is 50.1 Å². The van der Waals surface area contributed by atoms with Crippen molar-refractivity contribution in [3.05, 3.63) is 23.2 Å². The SMILES string of the molecule is Cc1cc2c(o1)CC(C)(C)CC2NC1CCCC1CN. The molecule has 3 unspecified atom stereocenters. The maximum absolute atomic E-state index is 5.92. The Balaban J connectivity index is 1.81. The molecule has 1 saturated carbocycles. The molecule has 1 fully saturated rings. The smallest absolute Gasteiger partial charge is 0.109 e. The van der Waals surface area contributed by atoms with E-state index in [9.17, 15) is 0 Å². The average Bonchev–Trinajstić information content (AvgIpc) is 2.93. The number of rotatable bonds is 3. The first-order valence-electron chi connectivity index (χ1n) is 8.04. The van der Waals surface area contributed by atoms with Crippen molar-refractivity contribution in [2.45, 2.75) is 65.0 Å². The molecule has 20 heavy (non-hydrogen) atoms. The molecule has 3 atom stereocenters. The highest BCUT2D eigenvalue weighted by atomic mass is 16.3. The maximum Gasteiger partial charge on any atom is 0.109 e. The standard InChI is InChI=1S/C17H28N2O/c1-11-7-13-15(8-17(2,3)9-16(13)20-11)19-14-6-4-5-12(14)10-18/h7,12,14-15,19H,4-6,8-10,18H2,1-3H3. The molecular formula is C17H28N2O. The van der Waals surface area contributed by atoms with Crippen molar-refractivity contribution in [1.29, 1.82) is 0 Å². The van der Waals surface area contributed by atoms with Crippen LogP contribution in [0.15, 0.2) is 10.5 Å². The molecule has 3 rings (SSSR count). The summed E-state index contributed by atoms with van der Waals surface area (Å²) in [6.45, 7) is 7.56. The van der Waals surface area contributed by atoms with Crippen LogP contribution in [0.2, 0.25) is 0 Å². The lowest BCUT2D eigenvalue weighted by Gasteiger charge is -2.37. The minimum absolute atomic E-state index is 0.311. The Kier molecular flexibility index (Phi) is 3.67. The summed E-state index contributed by atoms with van der Waals surface area (Å²) in [4.78, 5) is 0. The molecule has 2 aliphatic carbocycles. The molecule has 112 valence electrons. The van der Waals surface area contributed by atoms with Gasteiger partial charge in [-0.2, -0.15) is 0 Å². The minimum atomic E-state index is 0.311. The molecule has 3 nitrogen and oxygen atoms in total. The van der Waals surface area contributed by atoms with Crippen LogP contribution in [0.3, 0.4) is 0 Å². The fourth-order valence-corrected chi connectivity index (χ4v) is 4.13. The summed E-state index contributed by atoms with van der Waals surface area (Å²) in [6.07, 6.45) is 6.10. The number of hydrogen-bond acceptors (Lipinski definition) is 3. The first-order valence-corrected chi connectivity index (χ1v) is 8.04. The number of hydrogen-bond donors (Lipinski definition) is 2. The first kappa shape index (κ1) is 14.2. The van der Waals surface area contributed by atoms with Crippen LogP contribution >= 0.6 is 0 Å². The number of nitrogens with one attached hydrogen (secondary N) is 1. The zero-order chi connectivity index (χ0) is 14.3. The summed E-state index contributed by atoms with van der Waals surface area (Å²) in [5.74, 6) is 2.89. The lowest BCUT2D eigenvalue weighted by molar-refractivity contribution is 0.216. The van der Waals surface area contributed by atoms with Crippen molar-refractivity contribution in [1.82, 2.24) is 5.32 Å². The molecular weight excluding hydrogens is 248 g/mol. The molecule has 1 heterocycles. The minimum Gasteiger partial charge on any atom is -0.466 e. The van der Waals surface area contributed by atoms with Crippen molar-refractivity contribution < 1.29 is 4.42 Å². The van der Waals surface area contributed by atoms with Crippen LogP contribution in [0.1, 0.15) is 62.7 Å². The van der Waals surface area contributed by atoms with Gasteiger partial charge in [-0.3, -0.25) is 0 Å². The van der Waals surface area contributed by atoms with Crippen molar-refractivity contribution in [3.8, 4) is 0 Å². The Morgan fingerprint density at radius 1 is 1.40 bits per heavy atom. The normalized spacial score (nSPS) is 32.3. The number of aryl methyl sites for hydroxylation is 1. The van der Waals surface area contributed by atoms with Crippen molar-refractivity contribution in [3.63, 3.8) is 0 Å². The summed E-state index contributed by atoms with van der Waals surface area (Å²) >= 11 is 0. The van der Waals surface area contributed by atoms with Crippen molar-refractivity contribution in [2.24, 2.45) is 17.1 Å². The van der Waals surface area contributed by atoms with E-state index in [-0.39, 0.29) is 0 Å². The molecule has 1 aromatic heterocycles. The Morgan fingerprint density at radius 2 is 2.20 bits per heavy atom. The number of furan rings is 1. The third-order valence-corrected chi connectivity index (χ3v) is 5.11. The van der Waals surface area contributed by atoms with E-state index < -0.39 is 0 Å². The quantitative estimate of drug-likeness (QED) is 0.890. The predicted octanol–water partition coefficient (Wildman–Crippen LogP) is 3.32. The first-order chi connectivity index (χ1) is 9.48. The van der Waals surface area contributed by atoms with E-state index in [0.29, 0.717) is 23.4 Å². The van der Waals surface area contributed by atoms with E-state index in [2.05, 4.69) is 32.2 Å².